The largest absolute Gasteiger partial charge is 0.464 e. The standard InChI is InChI=1S/C15H20N6O3/c1-3-19-8-6-16-13(14(19)22)20-7-4-5-11(9-20)21-10-12(17-18-21)15(23)24-2/h6,8,10-11H,3-5,7,9H2,1-2H3/t11-/m0/s1. The summed E-state index contributed by atoms with van der Waals surface area (Å²) in [7, 11) is 1.31. The maximum atomic E-state index is 12.4. The Balaban J connectivity index is 1.81. The van der Waals surface area contributed by atoms with E-state index in [1.54, 1.807) is 27.8 Å². The van der Waals surface area contributed by atoms with Crippen LogP contribution in [0, 0.1) is 0 Å². The molecule has 1 aliphatic heterocycles. The third kappa shape index (κ3) is 3.01. The molecule has 3 rings (SSSR count). The molecule has 3 heterocycles. The number of ether oxygens (including phenoxy) is 1. The molecule has 9 nitrogen and oxygen atoms in total. The Labute approximate surface area is 138 Å². The Hall–Kier alpha value is -2.71. The van der Waals surface area contributed by atoms with E-state index < -0.39 is 5.97 Å². The Morgan fingerprint density at radius 2 is 2.29 bits per heavy atom. The molecular weight excluding hydrogens is 312 g/mol. The molecule has 1 saturated heterocycles. The van der Waals surface area contributed by atoms with Gasteiger partial charge in [-0.15, -0.1) is 5.10 Å². The van der Waals surface area contributed by atoms with Crippen molar-refractivity contribution in [2.24, 2.45) is 0 Å². The van der Waals surface area contributed by atoms with Gasteiger partial charge in [-0.2, -0.15) is 0 Å². The number of aryl methyl sites for hydroxylation is 1. The normalized spacial score (nSPS) is 17.8. The SMILES string of the molecule is CCn1ccnc(N2CCC[C@H](n3cc(C(=O)OC)nn3)C2)c1=O. The van der Waals surface area contributed by atoms with E-state index in [0.29, 0.717) is 18.9 Å². The highest BCUT2D eigenvalue weighted by atomic mass is 16.5. The molecule has 1 aliphatic rings. The van der Waals surface area contributed by atoms with Gasteiger partial charge in [0.2, 0.25) is 0 Å². The van der Waals surface area contributed by atoms with E-state index >= 15 is 0 Å². The summed E-state index contributed by atoms with van der Waals surface area (Å²) >= 11 is 0. The zero-order valence-corrected chi connectivity index (χ0v) is 13.8. The van der Waals surface area contributed by atoms with Crippen molar-refractivity contribution in [3.05, 3.63) is 34.6 Å². The number of methoxy groups -OCH3 is 1. The molecule has 2 aromatic rings. The number of piperidine rings is 1. The van der Waals surface area contributed by atoms with Gasteiger partial charge >= 0.3 is 5.97 Å². The van der Waals surface area contributed by atoms with Crippen molar-refractivity contribution >= 4 is 11.8 Å². The molecule has 0 spiro atoms. The lowest BCUT2D eigenvalue weighted by molar-refractivity contribution is 0.0594. The highest BCUT2D eigenvalue weighted by molar-refractivity contribution is 5.86. The van der Waals surface area contributed by atoms with Crippen molar-refractivity contribution in [2.75, 3.05) is 25.1 Å². The average Bonchev–Trinajstić information content (AvgIpc) is 3.11. The monoisotopic (exact) mass is 332 g/mol. The molecular formula is C15H20N6O3. The fraction of sp³-hybridized carbons (Fsp3) is 0.533. The fourth-order valence-corrected chi connectivity index (χ4v) is 2.92. The van der Waals surface area contributed by atoms with Crippen LogP contribution in [-0.4, -0.2) is 50.7 Å². The molecule has 9 heteroatoms. The second kappa shape index (κ2) is 6.81. The van der Waals surface area contributed by atoms with Crippen LogP contribution in [-0.2, 0) is 11.3 Å². The average molecular weight is 332 g/mol. The van der Waals surface area contributed by atoms with E-state index in [0.717, 1.165) is 19.4 Å². The molecule has 0 N–H and O–H groups in total. The fourth-order valence-electron chi connectivity index (χ4n) is 2.92. The van der Waals surface area contributed by atoms with Crippen molar-refractivity contribution in [1.82, 2.24) is 24.5 Å². The summed E-state index contributed by atoms with van der Waals surface area (Å²) in [6.07, 6.45) is 6.72. The zero-order valence-electron chi connectivity index (χ0n) is 13.8. The number of anilines is 1. The number of hydrogen-bond acceptors (Lipinski definition) is 7. The molecule has 2 aromatic heterocycles. The van der Waals surface area contributed by atoms with E-state index in [-0.39, 0.29) is 17.3 Å². The van der Waals surface area contributed by atoms with Gasteiger partial charge in [0, 0.05) is 32.0 Å². The van der Waals surface area contributed by atoms with Crippen molar-refractivity contribution in [3.63, 3.8) is 0 Å². The molecule has 128 valence electrons. The smallest absolute Gasteiger partial charge is 0.360 e. The van der Waals surface area contributed by atoms with Crippen LogP contribution in [0.3, 0.4) is 0 Å². The molecule has 0 radical (unpaired) electrons. The molecule has 0 aliphatic carbocycles. The quantitative estimate of drug-likeness (QED) is 0.752. The topological polar surface area (TPSA) is 95.1 Å². The third-order valence-corrected chi connectivity index (χ3v) is 4.21. The zero-order chi connectivity index (χ0) is 17.1. The van der Waals surface area contributed by atoms with Gasteiger partial charge in [0.1, 0.15) is 0 Å². The summed E-state index contributed by atoms with van der Waals surface area (Å²) in [4.78, 5) is 30.2. The molecule has 0 amide bonds. The minimum Gasteiger partial charge on any atom is -0.464 e. The van der Waals surface area contributed by atoms with Crippen molar-refractivity contribution in [1.29, 1.82) is 0 Å². The van der Waals surface area contributed by atoms with Gasteiger partial charge in [0.15, 0.2) is 11.5 Å². The van der Waals surface area contributed by atoms with Crippen LogP contribution in [0.25, 0.3) is 0 Å². The number of carbonyl (C=O) groups excluding carboxylic acids is 1. The highest BCUT2D eigenvalue weighted by Gasteiger charge is 2.26. The van der Waals surface area contributed by atoms with Crippen LogP contribution in [0.2, 0.25) is 0 Å². The lowest BCUT2D eigenvalue weighted by atomic mass is 10.1. The van der Waals surface area contributed by atoms with Crippen LogP contribution >= 0.6 is 0 Å². The van der Waals surface area contributed by atoms with Crippen LogP contribution < -0.4 is 10.5 Å². The Morgan fingerprint density at radius 3 is 3.04 bits per heavy atom. The summed E-state index contributed by atoms with van der Waals surface area (Å²) in [6, 6.07) is 0.0288. The van der Waals surface area contributed by atoms with E-state index in [1.807, 2.05) is 11.8 Å². The Bertz CT molecular complexity index is 784. The highest BCUT2D eigenvalue weighted by Crippen LogP contribution is 2.23. The first kappa shape index (κ1) is 16.2. The number of aromatic nitrogens is 5. The van der Waals surface area contributed by atoms with Gasteiger partial charge in [-0.05, 0) is 19.8 Å². The molecule has 1 atom stereocenters. The van der Waals surface area contributed by atoms with Crippen molar-refractivity contribution in [3.8, 4) is 0 Å². The van der Waals surface area contributed by atoms with Gasteiger partial charge in [-0.3, -0.25) is 4.79 Å². The first-order valence-electron chi connectivity index (χ1n) is 7.94. The van der Waals surface area contributed by atoms with Gasteiger partial charge in [0.05, 0.1) is 19.3 Å². The minimum absolute atomic E-state index is 0.0288. The minimum atomic E-state index is -0.510. The molecule has 0 bridgehead atoms. The Morgan fingerprint density at radius 1 is 1.46 bits per heavy atom. The third-order valence-electron chi connectivity index (χ3n) is 4.21. The molecule has 0 saturated carbocycles. The number of nitrogens with zero attached hydrogens (tertiary/aromatic N) is 6. The summed E-state index contributed by atoms with van der Waals surface area (Å²) in [5.74, 6) is -0.0539. The summed E-state index contributed by atoms with van der Waals surface area (Å²) in [5, 5.41) is 7.87. The predicted octanol–water partition coefficient (Wildman–Crippen LogP) is 0.483. The lowest BCUT2D eigenvalue weighted by Crippen LogP contribution is -2.41. The number of hydrogen-bond donors (Lipinski definition) is 0. The van der Waals surface area contributed by atoms with Crippen LogP contribution in [0.15, 0.2) is 23.4 Å². The second-order valence-electron chi connectivity index (χ2n) is 5.66. The van der Waals surface area contributed by atoms with Crippen LogP contribution in [0.4, 0.5) is 5.82 Å². The lowest BCUT2D eigenvalue weighted by Gasteiger charge is -2.32. The maximum absolute atomic E-state index is 12.4. The van der Waals surface area contributed by atoms with Gasteiger partial charge in [0.25, 0.3) is 5.56 Å². The summed E-state index contributed by atoms with van der Waals surface area (Å²) < 4.78 is 7.95. The maximum Gasteiger partial charge on any atom is 0.360 e. The number of rotatable bonds is 4. The van der Waals surface area contributed by atoms with E-state index in [2.05, 4.69) is 20.0 Å². The second-order valence-corrected chi connectivity index (χ2v) is 5.66. The van der Waals surface area contributed by atoms with Gasteiger partial charge in [-0.1, -0.05) is 5.21 Å². The van der Waals surface area contributed by atoms with Gasteiger partial charge in [-0.25, -0.2) is 14.5 Å². The Kier molecular flexibility index (Phi) is 4.59. The molecule has 24 heavy (non-hydrogen) atoms. The van der Waals surface area contributed by atoms with Crippen molar-refractivity contribution < 1.29 is 9.53 Å². The molecule has 0 aromatic carbocycles. The molecule has 1 fully saturated rings. The summed E-state index contributed by atoms with van der Waals surface area (Å²) in [5.41, 5.74) is 0.0929. The number of carbonyl (C=O) groups is 1. The first-order chi connectivity index (χ1) is 11.6. The first-order valence-corrected chi connectivity index (χ1v) is 7.94. The van der Waals surface area contributed by atoms with E-state index in [9.17, 15) is 9.59 Å². The number of esters is 1. The van der Waals surface area contributed by atoms with Crippen LogP contribution in [0.1, 0.15) is 36.3 Å². The van der Waals surface area contributed by atoms with Crippen molar-refractivity contribution in [2.45, 2.75) is 32.4 Å². The van der Waals surface area contributed by atoms with E-state index in [1.165, 1.54) is 7.11 Å². The van der Waals surface area contributed by atoms with E-state index in [4.69, 9.17) is 0 Å². The summed E-state index contributed by atoms with van der Waals surface area (Å²) in [6.45, 7) is 3.90. The molecule has 0 unspecified atom stereocenters. The van der Waals surface area contributed by atoms with Gasteiger partial charge < -0.3 is 14.2 Å². The predicted molar refractivity (Wildman–Crippen MR) is 86.0 cm³/mol. The van der Waals surface area contributed by atoms with Crippen LogP contribution in [0.5, 0.6) is 0 Å².